The van der Waals surface area contributed by atoms with Crippen LogP contribution in [-0.2, 0) is 38.7 Å². The summed E-state index contributed by atoms with van der Waals surface area (Å²) in [6.45, 7) is -0.604. The molecule has 0 aliphatic heterocycles. The van der Waals surface area contributed by atoms with Crippen molar-refractivity contribution in [2.75, 3.05) is 26.2 Å². The van der Waals surface area contributed by atoms with Gasteiger partial charge in [-0.25, -0.2) is 0 Å². The Bertz CT molecular complexity index is 703. The van der Waals surface area contributed by atoms with Crippen LogP contribution < -0.4 is 0 Å². The molecule has 1 aromatic carbocycles. The minimum atomic E-state index is -1.23. The molecule has 11 heteroatoms. The molecule has 0 aliphatic rings. The predicted octanol–water partition coefficient (Wildman–Crippen LogP) is 0.287. The summed E-state index contributed by atoms with van der Waals surface area (Å²) >= 11 is 0. The van der Waals surface area contributed by atoms with Crippen molar-refractivity contribution < 1.29 is 44.7 Å². The van der Waals surface area contributed by atoms with Gasteiger partial charge in [-0.05, 0) is 12.0 Å². The van der Waals surface area contributed by atoms with Gasteiger partial charge in [0.25, 0.3) is 0 Å². The summed E-state index contributed by atoms with van der Waals surface area (Å²) in [7, 11) is 0. The zero-order valence-electron chi connectivity index (χ0n) is 16.6. The first-order chi connectivity index (χ1) is 14.0. The maximum Gasteiger partial charge on any atom is 0.317 e. The highest BCUT2D eigenvalue weighted by atomic mass is 16.4. The average molecular weight is 426 g/mol. The normalized spacial score (nSPS) is 11.0. The maximum atomic E-state index is 11.0. The van der Waals surface area contributed by atoms with Gasteiger partial charge < -0.3 is 25.5 Å². The van der Waals surface area contributed by atoms with E-state index in [-0.39, 0.29) is 30.0 Å². The van der Waals surface area contributed by atoms with Gasteiger partial charge >= 0.3 is 23.9 Å². The van der Waals surface area contributed by atoms with Crippen molar-refractivity contribution in [1.29, 1.82) is 0 Å². The molecule has 30 heavy (non-hydrogen) atoms. The number of carbonyl (C=O) groups is 4. The molecule has 0 unspecified atom stereocenters. The average Bonchev–Trinajstić information content (AvgIpc) is 2.56. The summed E-state index contributed by atoms with van der Waals surface area (Å²) in [5, 5.41) is 46.7. The first-order valence-corrected chi connectivity index (χ1v) is 9.17. The molecule has 0 aromatic heterocycles. The van der Waals surface area contributed by atoms with E-state index in [1.165, 1.54) is 0 Å². The quantitative estimate of drug-likeness (QED) is 0.276. The fraction of sp³-hybridized carbons (Fsp3) is 0.474. The van der Waals surface area contributed by atoms with Crippen LogP contribution in [0.2, 0.25) is 0 Å². The first kappa shape index (κ1) is 24.9. The Morgan fingerprint density at radius 2 is 1.07 bits per heavy atom. The lowest BCUT2D eigenvalue weighted by molar-refractivity contribution is -0.144. The molecule has 11 nitrogen and oxygen atoms in total. The van der Waals surface area contributed by atoms with E-state index in [1.807, 2.05) is 6.92 Å². The smallest absolute Gasteiger partial charge is 0.317 e. The number of aliphatic carboxylic acids is 4. The molecule has 0 radical (unpaired) electrons. The van der Waals surface area contributed by atoms with Gasteiger partial charge in [0.2, 0.25) is 0 Å². The lowest BCUT2D eigenvalue weighted by Gasteiger charge is -2.23. The summed E-state index contributed by atoms with van der Waals surface area (Å²) in [5.74, 6) is -5.16. The van der Waals surface area contributed by atoms with Crippen LogP contribution in [0.3, 0.4) is 0 Å². The maximum absolute atomic E-state index is 11.0. The van der Waals surface area contributed by atoms with Crippen LogP contribution in [0.1, 0.15) is 30.0 Å². The molecule has 0 amide bonds. The minimum Gasteiger partial charge on any atom is -0.507 e. The molecule has 0 spiro atoms. The minimum absolute atomic E-state index is 0.160. The zero-order valence-corrected chi connectivity index (χ0v) is 16.6. The van der Waals surface area contributed by atoms with Crippen molar-refractivity contribution >= 4 is 23.9 Å². The molecule has 1 aromatic rings. The van der Waals surface area contributed by atoms with E-state index in [0.717, 1.165) is 21.8 Å². The number of aromatic hydroxyl groups is 1. The summed E-state index contributed by atoms with van der Waals surface area (Å²) < 4.78 is 0. The van der Waals surface area contributed by atoms with Crippen molar-refractivity contribution in [3.05, 3.63) is 28.8 Å². The monoisotopic (exact) mass is 426 g/mol. The number of phenolic OH excluding ortho intramolecular Hbond substituents is 1. The Balaban J connectivity index is 3.27. The Kier molecular flexibility index (Phi) is 9.72. The van der Waals surface area contributed by atoms with E-state index in [0.29, 0.717) is 6.42 Å². The van der Waals surface area contributed by atoms with Crippen molar-refractivity contribution in [1.82, 2.24) is 9.80 Å². The highest BCUT2D eigenvalue weighted by Gasteiger charge is 2.20. The van der Waals surface area contributed by atoms with Crippen molar-refractivity contribution in [2.45, 2.75) is 32.9 Å². The molecule has 0 heterocycles. The Morgan fingerprint density at radius 3 is 1.33 bits per heavy atom. The fourth-order valence-electron chi connectivity index (χ4n) is 3.09. The van der Waals surface area contributed by atoms with Crippen LogP contribution in [0.25, 0.3) is 0 Å². The Hall–Kier alpha value is -3.18. The fourth-order valence-corrected chi connectivity index (χ4v) is 3.09. The van der Waals surface area contributed by atoms with Crippen LogP contribution in [0.5, 0.6) is 5.75 Å². The molecule has 0 bridgehead atoms. The summed E-state index contributed by atoms with van der Waals surface area (Å²) in [4.78, 5) is 46.4. The molecule has 0 saturated carbocycles. The Morgan fingerprint density at radius 1 is 0.733 bits per heavy atom. The second-order valence-corrected chi connectivity index (χ2v) is 6.88. The number of rotatable bonds is 14. The van der Waals surface area contributed by atoms with Crippen LogP contribution in [0.15, 0.2) is 12.1 Å². The molecular formula is C19H26N2O9. The van der Waals surface area contributed by atoms with Crippen LogP contribution in [-0.4, -0.2) is 85.4 Å². The molecule has 1 rings (SSSR count). The lowest BCUT2D eigenvalue weighted by atomic mass is 10.00. The van der Waals surface area contributed by atoms with Crippen LogP contribution in [0.4, 0.5) is 0 Å². The molecule has 166 valence electrons. The molecular weight excluding hydrogens is 400 g/mol. The van der Waals surface area contributed by atoms with Gasteiger partial charge in [-0.1, -0.05) is 25.5 Å². The van der Waals surface area contributed by atoms with Gasteiger partial charge in [0, 0.05) is 24.2 Å². The van der Waals surface area contributed by atoms with E-state index in [9.17, 15) is 24.3 Å². The van der Waals surface area contributed by atoms with E-state index >= 15 is 0 Å². The van der Waals surface area contributed by atoms with E-state index < -0.39 is 50.1 Å². The van der Waals surface area contributed by atoms with Crippen molar-refractivity contribution in [3.63, 3.8) is 0 Å². The standard InChI is InChI=1S/C19H26N2O9/c1-2-3-12-4-13(6-20(8-15(22)23)9-16(24)25)19(30)14(5-12)7-21(10-17(26)27)11-18(28)29/h4-5,30H,2-3,6-11H2,1H3,(H,22,23)(H,24,25)(H,26,27)(H,28,29). The third-order valence-corrected chi connectivity index (χ3v) is 4.09. The highest BCUT2D eigenvalue weighted by Crippen LogP contribution is 2.28. The van der Waals surface area contributed by atoms with Crippen LogP contribution >= 0.6 is 0 Å². The van der Waals surface area contributed by atoms with Crippen molar-refractivity contribution in [3.8, 4) is 5.75 Å². The number of benzene rings is 1. The SMILES string of the molecule is CCCc1cc(CN(CC(=O)O)CC(=O)O)c(O)c(CN(CC(=O)O)CC(=O)O)c1. The summed E-state index contributed by atoms with van der Waals surface area (Å²) in [6, 6.07) is 3.27. The second-order valence-electron chi connectivity index (χ2n) is 6.88. The van der Waals surface area contributed by atoms with Gasteiger partial charge in [-0.15, -0.1) is 0 Å². The number of carboxylic acid groups (broad SMARTS) is 4. The third kappa shape index (κ3) is 8.88. The van der Waals surface area contributed by atoms with Gasteiger partial charge in [0.05, 0.1) is 26.2 Å². The lowest BCUT2D eigenvalue weighted by Crippen LogP contribution is -2.35. The van der Waals surface area contributed by atoms with Gasteiger partial charge in [0.1, 0.15) is 5.75 Å². The number of hydrogen-bond acceptors (Lipinski definition) is 7. The van der Waals surface area contributed by atoms with E-state index in [1.54, 1.807) is 12.1 Å². The van der Waals surface area contributed by atoms with Crippen LogP contribution in [0, 0.1) is 0 Å². The second kappa shape index (κ2) is 11.7. The summed E-state index contributed by atoms with van der Waals surface area (Å²) in [6.07, 6.45) is 1.36. The first-order valence-electron chi connectivity index (χ1n) is 9.17. The number of hydrogen-bond donors (Lipinski definition) is 5. The molecule has 0 saturated heterocycles. The molecule has 5 N–H and O–H groups in total. The summed E-state index contributed by atoms with van der Waals surface area (Å²) in [5.41, 5.74) is 1.34. The number of carboxylic acids is 4. The zero-order chi connectivity index (χ0) is 22.8. The number of phenols is 1. The van der Waals surface area contributed by atoms with E-state index in [2.05, 4.69) is 0 Å². The Labute approximate surface area is 172 Å². The number of aryl methyl sites for hydroxylation is 1. The predicted molar refractivity (Wildman–Crippen MR) is 103 cm³/mol. The number of nitrogens with zero attached hydrogens (tertiary/aromatic N) is 2. The highest BCUT2D eigenvalue weighted by molar-refractivity contribution is 5.73. The van der Waals surface area contributed by atoms with Gasteiger partial charge in [-0.3, -0.25) is 29.0 Å². The van der Waals surface area contributed by atoms with Gasteiger partial charge in [-0.2, -0.15) is 0 Å². The van der Waals surface area contributed by atoms with Gasteiger partial charge in [0.15, 0.2) is 0 Å². The van der Waals surface area contributed by atoms with Crippen molar-refractivity contribution in [2.24, 2.45) is 0 Å². The third-order valence-electron chi connectivity index (χ3n) is 4.09. The topological polar surface area (TPSA) is 176 Å². The molecule has 0 atom stereocenters. The van der Waals surface area contributed by atoms with E-state index in [4.69, 9.17) is 20.4 Å². The molecule has 0 aliphatic carbocycles. The largest absolute Gasteiger partial charge is 0.507 e. The molecule has 0 fully saturated rings.